The second-order valence-electron chi connectivity index (χ2n) is 4.68. The van der Waals surface area contributed by atoms with Gasteiger partial charge >= 0.3 is 0 Å². The van der Waals surface area contributed by atoms with Crippen LogP contribution >= 0.6 is 0 Å². The molecule has 3 rings (SSSR count). The summed E-state index contributed by atoms with van der Waals surface area (Å²) in [6.07, 6.45) is 4.49. The van der Waals surface area contributed by atoms with Gasteiger partial charge in [-0.1, -0.05) is 26.0 Å². The Labute approximate surface area is 104 Å². The number of hydrogen-bond donors (Lipinski definition) is 0. The predicted octanol–water partition coefficient (Wildman–Crippen LogP) is 4.37. The number of benzene rings is 1. The molecule has 0 unspecified atom stereocenters. The lowest BCUT2D eigenvalue weighted by molar-refractivity contribution is -0.0721. The first-order chi connectivity index (χ1) is 8.20. The monoisotopic (exact) mass is 234 g/mol. The molecule has 1 aliphatic heterocycles. The van der Waals surface area contributed by atoms with E-state index in [1.54, 1.807) is 0 Å². The van der Waals surface area contributed by atoms with Crippen molar-refractivity contribution in [1.29, 1.82) is 0 Å². The number of aryl methyl sites for hydroxylation is 2. The molecule has 1 aromatic carbocycles. The van der Waals surface area contributed by atoms with Gasteiger partial charge in [-0.05, 0) is 37.8 Å². The lowest BCUT2D eigenvalue weighted by atomic mass is 10.1. The second-order valence-corrected chi connectivity index (χ2v) is 4.68. The van der Waals surface area contributed by atoms with Crippen LogP contribution in [-0.2, 0) is 0 Å². The van der Waals surface area contributed by atoms with Crippen LogP contribution in [0.4, 0.5) is 0 Å². The Bertz CT molecular complexity index is 371. The molecule has 0 radical (unpaired) electrons. The van der Waals surface area contributed by atoms with Crippen LogP contribution in [0.25, 0.3) is 0 Å². The quantitative estimate of drug-likeness (QED) is 0.663. The second kappa shape index (κ2) is 4.59. The average molecular weight is 234 g/mol. The van der Waals surface area contributed by atoms with Crippen molar-refractivity contribution in [2.24, 2.45) is 0 Å². The Morgan fingerprint density at radius 2 is 1.29 bits per heavy atom. The highest BCUT2D eigenvalue weighted by atomic mass is 16.7. The van der Waals surface area contributed by atoms with E-state index in [1.807, 2.05) is 13.8 Å². The van der Waals surface area contributed by atoms with Crippen LogP contribution in [0.5, 0.6) is 11.5 Å². The van der Waals surface area contributed by atoms with E-state index >= 15 is 0 Å². The fourth-order valence-corrected chi connectivity index (χ4v) is 2.52. The molecule has 0 atom stereocenters. The Morgan fingerprint density at radius 1 is 0.882 bits per heavy atom. The molecule has 17 heavy (non-hydrogen) atoms. The highest BCUT2D eigenvalue weighted by Crippen LogP contribution is 2.49. The van der Waals surface area contributed by atoms with E-state index in [4.69, 9.17) is 9.47 Å². The van der Waals surface area contributed by atoms with Crippen LogP contribution in [-0.4, -0.2) is 5.79 Å². The van der Waals surface area contributed by atoms with Gasteiger partial charge < -0.3 is 9.47 Å². The van der Waals surface area contributed by atoms with Crippen molar-refractivity contribution >= 4 is 0 Å². The van der Waals surface area contributed by atoms with E-state index in [-0.39, 0.29) is 5.79 Å². The van der Waals surface area contributed by atoms with Crippen molar-refractivity contribution < 1.29 is 9.47 Å². The van der Waals surface area contributed by atoms with Gasteiger partial charge in [0.25, 0.3) is 5.79 Å². The van der Waals surface area contributed by atoms with E-state index in [0.29, 0.717) is 0 Å². The fourth-order valence-electron chi connectivity index (χ4n) is 2.52. The summed E-state index contributed by atoms with van der Waals surface area (Å²) in [5, 5.41) is 0. The van der Waals surface area contributed by atoms with Crippen molar-refractivity contribution in [3.63, 3.8) is 0 Å². The summed E-state index contributed by atoms with van der Waals surface area (Å²) in [5.41, 5.74) is 2.36. The Balaban J connectivity index is 0.000000514. The molecule has 2 heteroatoms. The van der Waals surface area contributed by atoms with E-state index in [9.17, 15) is 0 Å². The van der Waals surface area contributed by atoms with Gasteiger partial charge in [0.1, 0.15) is 0 Å². The van der Waals surface area contributed by atoms with Crippen LogP contribution in [0.2, 0.25) is 0 Å². The first-order valence-corrected chi connectivity index (χ1v) is 6.68. The minimum Gasteiger partial charge on any atom is -0.448 e. The molecule has 1 aromatic rings. The number of hydrogen-bond acceptors (Lipinski definition) is 2. The molecule has 0 N–H and O–H groups in total. The molecule has 0 amide bonds. The zero-order valence-electron chi connectivity index (χ0n) is 11.3. The lowest BCUT2D eigenvalue weighted by Crippen LogP contribution is -2.34. The highest BCUT2D eigenvalue weighted by molar-refractivity contribution is 5.53. The Kier molecular flexibility index (Phi) is 3.32. The normalized spacial score (nSPS) is 19.1. The van der Waals surface area contributed by atoms with Gasteiger partial charge in [-0.25, -0.2) is 0 Å². The van der Waals surface area contributed by atoms with Crippen molar-refractivity contribution in [3.05, 3.63) is 23.3 Å². The summed E-state index contributed by atoms with van der Waals surface area (Å²) in [7, 11) is 0. The van der Waals surface area contributed by atoms with Crippen molar-refractivity contribution in [3.8, 4) is 11.5 Å². The van der Waals surface area contributed by atoms with E-state index in [0.717, 1.165) is 24.3 Å². The third-order valence-electron chi connectivity index (χ3n) is 3.45. The van der Waals surface area contributed by atoms with Gasteiger partial charge in [-0.15, -0.1) is 0 Å². The van der Waals surface area contributed by atoms with Gasteiger partial charge in [0, 0.05) is 12.8 Å². The average Bonchev–Trinajstić information content (AvgIpc) is 2.96. The smallest absolute Gasteiger partial charge is 0.251 e. The molecule has 0 saturated heterocycles. The lowest BCUT2D eigenvalue weighted by Gasteiger charge is -2.21. The van der Waals surface area contributed by atoms with Gasteiger partial charge in [0.2, 0.25) is 0 Å². The zero-order chi connectivity index (χ0) is 12.5. The molecular formula is C15H22O2. The van der Waals surface area contributed by atoms with Crippen LogP contribution in [0.15, 0.2) is 12.1 Å². The minimum atomic E-state index is -0.320. The first-order valence-electron chi connectivity index (χ1n) is 6.68. The standard InChI is InChI=1S/C13H16O2.C2H6/c1-9-5-6-10(2)12-11(9)14-13(15-12)7-3-4-8-13;1-2/h5-6H,3-4,7-8H2,1-2H3;1-2H3. The van der Waals surface area contributed by atoms with Gasteiger partial charge in [0.15, 0.2) is 11.5 Å². The summed E-state index contributed by atoms with van der Waals surface area (Å²) in [6.45, 7) is 8.16. The van der Waals surface area contributed by atoms with Crippen molar-refractivity contribution in [1.82, 2.24) is 0 Å². The molecule has 0 bridgehead atoms. The third-order valence-corrected chi connectivity index (χ3v) is 3.45. The molecular weight excluding hydrogens is 212 g/mol. The van der Waals surface area contributed by atoms with E-state index in [1.165, 1.54) is 24.0 Å². The molecule has 1 fully saturated rings. The van der Waals surface area contributed by atoms with Crippen LogP contribution in [0, 0.1) is 13.8 Å². The molecule has 2 aliphatic rings. The number of ether oxygens (including phenoxy) is 2. The fraction of sp³-hybridized carbons (Fsp3) is 0.600. The maximum Gasteiger partial charge on any atom is 0.251 e. The third kappa shape index (κ3) is 2.01. The summed E-state index contributed by atoms with van der Waals surface area (Å²) in [6, 6.07) is 4.21. The van der Waals surface area contributed by atoms with Crippen molar-refractivity contribution in [2.45, 2.75) is 59.2 Å². The SMILES string of the molecule is CC.Cc1ccc(C)c2c1OC1(CCCC1)O2. The maximum absolute atomic E-state index is 6.04. The van der Waals surface area contributed by atoms with E-state index in [2.05, 4.69) is 26.0 Å². The molecule has 94 valence electrons. The summed E-state index contributed by atoms with van der Waals surface area (Å²) < 4.78 is 12.1. The van der Waals surface area contributed by atoms with Gasteiger partial charge in [-0.3, -0.25) is 0 Å². The number of fused-ring (bicyclic) bond motifs is 1. The molecule has 1 saturated carbocycles. The summed E-state index contributed by atoms with van der Waals surface area (Å²) in [5.74, 6) is 1.62. The molecule has 1 aliphatic carbocycles. The molecule has 1 spiro atoms. The minimum absolute atomic E-state index is 0.320. The Hall–Kier alpha value is -1.18. The highest BCUT2D eigenvalue weighted by Gasteiger charge is 2.45. The van der Waals surface area contributed by atoms with Gasteiger partial charge in [0.05, 0.1) is 0 Å². The first kappa shape index (κ1) is 12.3. The van der Waals surface area contributed by atoms with Crippen LogP contribution in [0.1, 0.15) is 50.7 Å². The molecule has 1 heterocycles. The summed E-state index contributed by atoms with van der Waals surface area (Å²) in [4.78, 5) is 0. The zero-order valence-corrected chi connectivity index (χ0v) is 11.3. The molecule has 2 nitrogen and oxygen atoms in total. The van der Waals surface area contributed by atoms with Gasteiger partial charge in [-0.2, -0.15) is 0 Å². The predicted molar refractivity (Wildman–Crippen MR) is 69.7 cm³/mol. The summed E-state index contributed by atoms with van der Waals surface area (Å²) >= 11 is 0. The van der Waals surface area contributed by atoms with Crippen LogP contribution in [0.3, 0.4) is 0 Å². The Morgan fingerprint density at radius 3 is 1.71 bits per heavy atom. The number of rotatable bonds is 0. The topological polar surface area (TPSA) is 18.5 Å². The molecule has 0 aromatic heterocycles. The van der Waals surface area contributed by atoms with Crippen molar-refractivity contribution in [2.75, 3.05) is 0 Å². The van der Waals surface area contributed by atoms with E-state index < -0.39 is 0 Å². The maximum atomic E-state index is 6.04. The van der Waals surface area contributed by atoms with Crippen LogP contribution < -0.4 is 9.47 Å². The largest absolute Gasteiger partial charge is 0.448 e.